The molecule has 0 bridgehead atoms. The van der Waals surface area contributed by atoms with E-state index in [2.05, 4.69) is 5.32 Å². The van der Waals surface area contributed by atoms with Crippen LogP contribution >= 0.6 is 11.6 Å². The van der Waals surface area contributed by atoms with Crippen molar-refractivity contribution in [1.29, 1.82) is 0 Å². The summed E-state index contributed by atoms with van der Waals surface area (Å²) in [6, 6.07) is 12.3. The topological polar surface area (TPSA) is 15.3 Å². The molecule has 0 aromatic heterocycles. The van der Waals surface area contributed by atoms with Crippen molar-refractivity contribution in [2.24, 2.45) is 0 Å². The van der Waals surface area contributed by atoms with Crippen molar-refractivity contribution in [3.8, 4) is 0 Å². The summed E-state index contributed by atoms with van der Waals surface area (Å²) in [6.45, 7) is 0.555. The van der Waals surface area contributed by atoms with Crippen molar-refractivity contribution in [2.45, 2.75) is 6.54 Å². The number of hydrogen-bond acceptors (Lipinski definition) is 2. The van der Waals surface area contributed by atoms with E-state index in [4.69, 9.17) is 11.6 Å². The summed E-state index contributed by atoms with van der Waals surface area (Å²) in [5, 5.41) is 3.98. The fraction of sp³-hybridized carbons (Fsp3) is 0.200. The maximum absolute atomic E-state index is 13.1. The molecule has 0 unspecified atom stereocenters. The van der Waals surface area contributed by atoms with Crippen molar-refractivity contribution < 1.29 is 4.39 Å². The summed E-state index contributed by atoms with van der Waals surface area (Å²) >= 11 is 6.19. The van der Waals surface area contributed by atoms with E-state index < -0.39 is 0 Å². The number of nitrogens with zero attached hydrogens (tertiary/aromatic N) is 1. The molecular formula is C15H16ClFN2. The highest BCUT2D eigenvalue weighted by molar-refractivity contribution is 6.34. The van der Waals surface area contributed by atoms with Crippen LogP contribution in [0.4, 0.5) is 15.8 Å². The molecule has 100 valence electrons. The highest BCUT2D eigenvalue weighted by Crippen LogP contribution is 2.32. The molecular weight excluding hydrogens is 263 g/mol. The monoisotopic (exact) mass is 278 g/mol. The van der Waals surface area contributed by atoms with Gasteiger partial charge in [0.15, 0.2) is 0 Å². The number of halogens is 2. The lowest BCUT2D eigenvalue weighted by atomic mass is 10.2. The number of benzene rings is 2. The molecule has 19 heavy (non-hydrogen) atoms. The fourth-order valence-electron chi connectivity index (χ4n) is 1.96. The maximum Gasteiger partial charge on any atom is 0.123 e. The normalized spacial score (nSPS) is 10.3. The molecule has 0 heterocycles. The average molecular weight is 279 g/mol. The molecule has 0 radical (unpaired) electrons. The Morgan fingerprint density at radius 2 is 1.89 bits per heavy atom. The van der Waals surface area contributed by atoms with Gasteiger partial charge < -0.3 is 10.2 Å². The molecule has 0 saturated carbocycles. The van der Waals surface area contributed by atoms with Crippen LogP contribution in [-0.2, 0) is 6.54 Å². The van der Waals surface area contributed by atoms with E-state index in [-0.39, 0.29) is 5.82 Å². The molecule has 2 nitrogen and oxygen atoms in total. The minimum absolute atomic E-state index is 0.224. The Hall–Kier alpha value is -1.74. The fourth-order valence-corrected chi connectivity index (χ4v) is 2.30. The van der Waals surface area contributed by atoms with Crippen LogP contribution in [0.2, 0.25) is 5.02 Å². The molecule has 2 rings (SSSR count). The first-order valence-electron chi connectivity index (χ1n) is 6.02. The van der Waals surface area contributed by atoms with Gasteiger partial charge in [0.25, 0.3) is 0 Å². The van der Waals surface area contributed by atoms with Crippen LogP contribution in [0.15, 0.2) is 42.5 Å². The van der Waals surface area contributed by atoms with Gasteiger partial charge >= 0.3 is 0 Å². The van der Waals surface area contributed by atoms with Crippen LogP contribution in [0.5, 0.6) is 0 Å². The molecule has 2 aromatic carbocycles. The van der Waals surface area contributed by atoms with Crippen LogP contribution in [-0.4, -0.2) is 14.1 Å². The number of nitrogens with one attached hydrogen (secondary N) is 1. The van der Waals surface area contributed by atoms with E-state index in [1.165, 1.54) is 12.1 Å². The van der Waals surface area contributed by atoms with Crippen LogP contribution in [0.25, 0.3) is 0 Å². The predicted octanol–water partition coefficient (Wildman–Crippen LogP) is 4.16. The summed E-state index contributed by atoms with van der Waals surface area (Å²) in [5.41, 5.74) is 2.76. The summed E-state index contributed by atoms with van der Waals surface area (Å²) < 4.78 is 13.1. The Kier molecular flexibility index (Phi) is 4.27. The third-order valence-electron chi connectivity index (χ3n) is 2.81. The number of para-hydroxylation sites is 1. The van der Waals surface area contributed by atoms with E-state index in [1.54, 1.807) is 6.07 Å². The molecule has 0 aliphatic heterocycles. The lowest BCUT2D eigenvalue weighted by Crippen LogP contribution is -2.12. The zero-order valence-corrected chi connectivity index (χ0v) is 11.7. The minimum atomic E-state index is -0.224. The number of hydrogen-bond donors (Lipinski definition) is 1. The Morgan fingerprint density at radius 3 is 2.58 bits per heavy atom. The molecule has 4 heteroatoms. The van der Waals surface area contributed by atoms with Crippen molar-refractivity contribution in [1.82, 2.24) is 0 Å². The van der Waals surface area contributed by atoms with Crippen LogP contribution < -0.4 is 10.2 Å². The maximum atomic E-state index is 13.1. The molecule has 2 aromatic rings. The van der Waals surface area contributed by atoms with Crippen molar-refractivity contribution in [3.05, 3.63) is 58.9 Å². The van der Waals surface area contributed by atoms with Gasteiger partial charge in [-0.25, -0.2) is 4.39 Å². The first-order valence-corrected chi connectivity index (χ1v) is 6.40. The van der Waals surface area contributed by atoms with Gasteiger partial charge in [0, 0.05) is 20.6 Å². The van der Waals surface area contributed by atoms with Crippen molar-refractivity contribution >= 4 is 23.0 Å². The third-order valence-corrected chi connectivity index (χ3v) is 3.11. The van der Waals surface area contributed by atoms with E-state index >= 15 is 0 Å². The molecule has 0 aliphatic carbocycles. The smallest absolute Gasteiger partial charge is 0.123 e. The molecule has 0 fully saturated rings. The quantitative estimate of drug-likeness (QED) is 0.903. The van der Waals surface area contributed by atoms with Gasteiger partial charge in [-0.2, -0.15) is 0 Å². The van der Waals surface area contributed by atoms with Crippen LogP contribution in [0.1, 0.15) is 5.56 Å². The van der Waals surface area contributed by atoms with Gasteiger partial charge in [0.2, 0.25) is 0 Å². The van der Waals surface area contributed by atoms with Crippen molar-refractivity contribution in [3.63, 3.8) is 0 Å². The first kappa shape index (κ1) is 13.7. The SMILES string of the molecule is CN(C)c1c(Cl)cccc1NCc1cccc(F)c1. The Morgan fingerprint density at radius 1 is 1.16 bits per heavy atom. The van der Waals surface area contributed by atoms with Gasteiger partial charge in [0.05, 0.1) is 16.4 Å². The largest absolute Gasteiger partial charge is 0.379 e. The van der Waals surface area contributed by atoms with Crippen LogP contribution in [0, 0.1) is 5.82 Å². The zero-order valence-electron chi connectivity index (χ0n) is 11.0. The van der Waals surface area contributed by atoms with E-state index in [0.717, 1.165) is 16.9 Å². The zero-order chi connectivity index (χ0) is 13.8. The van der Waals surface area contributed by atoms with E-state index in [0.29, 0.717) is 11.6 Å². The number of rotatable bonds is 4. The molecule has 0 amide bonds. The Balaban J connectivity index is 2.18. The molecule has 0 aliphatic rings. The minimum Gasteiger partial charge on any atom is -0.379 e. The summed E-state index contributed by atoms with van der Waals surface area (Å²) in [5.74, 6) is -0.224. The third kappa shape index (κ3) is 3.38. The molecule has 1 N–H and O–H groups in total. The van der Waals surface area contributed by atoms with Gasteiger partial charge in [-0.05, 0) is 29.8 Å². The predicted molar refractivity (Wildman–Crippen MR) is 79.5 cm³/mol. The summed E-state index contributed by atoms with van der Waals surface area (Å²) in [7, 11) is 3.88. The second kappa shape index (κ2) is 5.93. The number of anilines is 2. The summed E-state index contributed by atoms with van der Waals surface area (Å²) in [6.07, 6.45) is 0. The van der Waals surface area contributed by atoms with Gasteiger partial charge in [0.1, 0.15) is 5.82 Å². The first-order chi connectivity index (χ1) is 9.08. The summed E-state index contributed by atoms with van der Waals surface area (Å²) in [4.78, 5) is 1.95. The highest BCUT2D eigenvalue weighted by Gasteiger charge is 2.08. The van der Waals surface area contributed by atoms with Gasteiger partial charge in [-0.3, -0.25) is 0 Å². The standard InChI is InChI=1S/C15H16ClFN2/c1-19(2)15-13(16)7-4-8-14(15)18-10-11-5-3-6-12(17)9-11/h3-9,18H,10H2,1-2H3. The van der Waals surface area contributed by atoms with E-state index in [9.17, 15) is 4.39 Å². The lowest BCUT2D eigenvalue weighted by Gasteiger charge is -2.20. The van der Waals surface area contributed by atoms with Gasteiger partial charge in [-0.1, -0.05) is 29.8 Å². The lowest BCUT2D eigenvalue weighted by molar-refractivity contribution is 0.626. The molecule has 0 saturated heterocycles. The second-order valence-electron chi connectivity index (χ2n) is 4.51. The Labute approximate surface area is 117 Å². The van der Waals surface area contributed by atoms with Gasteiger partial charge in [-0.15, -0.1) is 0 Å². The van der Waals surface area contributed by atoms with Crippen LogP contribution in [0.3, 0.4) is 0 Å². The molecule has 0 spiro atoms. The molecule has 0 atom stereocenters. The average Bonchev–Trinajstić information content (AvgIpc) is 2.36. The van der Waals surface area contributed by atoms with E-state index in [1.807, 2.05) is 43.3 Å². The second-order valence-corrected chi connectivity index (χ2v) is 4.92. The highest BCUT2D eigenvalue weighted by atomic mass is 35.5. The van der Waals surface area contributed by atoms with Crippen molar-refractivity contribution in [2.75, 3.05) is 24.3 Å². The Bertz CT molecular complexity index is 570.